The number of nitrogens with one attached hydrogen (secondary N) is 3. The molecule has 21 heteroatoms. The maximum absolute atomic E-state index is 14.0. The minimum Gasteiger partial charge on any atom is -0.491 e. The number of benzene rings is 1. The number of alkyl halides is 3. The number of halogens is 3. The second kappa shape index (κ2) is 23.5. The van der Waals surface area contributed by atoms with E-state index in [2.05, 4.69) is 61.7 Å². The molecule has 3 aliphatic rings. The van der Waals surface area contributed by atoms with Crippen molar-refractivity contribution in [3.05, 3.63) is 84.2 Å². The minimum absolute atomic E-state index is 0.0873. The molecule has 2 aliphatic heterocycles. The molecule has 372 valence electrons. The number of pyridine rings is 2. The van der Waals surface area contributed by atoms with Crippen LogP contribution < -0.4 is 20.7 Å². The zero-order valence-electron chi connectivity index (χ0n) is 39.3. The Hall–Kier alpha value is -6.03. The fraction of sp³-hybridized carbons (Fsp3) is 0.542. The number of anilines is 1. The van der Waals surface area contributed by atoms with Crippen LogP contribution >= 0.6 is 0 Å². The predicted molar refractivity (Wildman–Crippen MR) is 247 cm³/mol. The number of nitrogens with zero attached hydrogens (tertiary/aromatic N) is 7. The van der Waals surface area contributed by atoms with Crippen molar-refractivity contribution in [3.63, 3.8) is 0 Å². The number of hydrogen-bond acceptors (Lipinski definition) is 14. The summed E-state index contributed by atoms with van der Waals surface area (Å²) in [5.41, 5.74) is 0.450. The molecule has 4 amide bonds. The zero-order valence-corrected chi connectivity index (χ0v) is 39.3. The quantitative estimate of drug-likeness (QED) is 0.0943. The number of amides is 4. The lowest BCUT2D eigenvalue weighted by molar-refractivity contribution is -0.137. The summed E-state index contributed by atoms with van der Waals surface area (Å²) >= 11 is 0. The molecule has 5 heterocycles. The molecule has 1 aliphatic carbocycles. The first-order chi connectivity index (χ1) is 33.2. The van der Waals surface area contributed by atoms with Crippen LogP contribution in [0.2, 0.25) is 0 Å². The fourth-order valence-electron chi connectivity index (χ4n) is 9.25. The highest BCUT2D eigenvalue weighted by atomic mass is 19.4. The summed E-state index contributed by atoms with van der Waals surface area (Å²) < 4.78 is 63.4. The Bertz CT molecular complexity index is 2380. The molecule has 0 spiro atoms. The molecule has 3 N–H and O–H groups in total. The Balaban J connectivity index is 0.821. The van der Waals surface area contributed by atoms with Gasteiger partial charge in [-0.15, -0.1) is 0 Å². The second-order valence-electron chi connectivity index (χ2n) is 17.7. The highest BCUT2D eigenvalue weighted by Crippen LogP contribution is 2.37. The van der Waals surface area contributed by atoms with Crippen LogP contribution in [0.15, 0.2) is 67.4 Å². The largest absolute Gasteiger partial charge is 0.491 e. The average Bonchev–Trinajstić information content (AvgIpc) is 3.86. The number of fused-ring (bicyclic) bond motifs is 1. The third kappa shape index (κ3) is 13.0. The van der Waals surface area contributed by atoms with E-state index in [0.29, 0.717) is 76.7 Å². The van der Waals surface area contributed by atoms with Crippen molar-refractivity contribution < 1.29 is 51.3 Å². The number of rotatable bonds is 22. The lowest BCUT2D eigenvalue weighted by Crippen LogP contribution is -2.58. The van der Waals surface area contributed by atoms with E-state index in [-0.39, 0.29) is 78.4 Å². The summed E-state index contributed by atoms with van der Waals surface area (Å²) in [5.74, 6) is -0.852. The van der Waals surface area contributed by atoms with Gasteiger partial charge in [-0.1, -0.05) is 6.07 Å². The molecule has 1 aromatic carbocycles. The summed E-state index contributed by atoms with van der Waals surface area (Å²) in [6, 6.07) is 8.66. The van der Waals surface area contributed by atoms with Gasteiger partial charge in [0, 0.05) is 68.7 Å². The Morgan fingerprint density at radius 3 is 2.39 bits per heavy atom. The molecule has 6 atom stereocenters. The highest BCUT2D eigenvalue weighted by molar-refractivity contribution is 5.94. The van der Waals surface area contributed by atoms with Crippen LogP contribution in [0, 0.1) is 5.92 Å². The number of carbonyl (C=O) groups is 4. The maximum atomic E-state index is 14.0. The Morgan fingerprint density at radius 1 is 0.913 bits per heavy atom. The van der Waals surface area contributed by atoms with Crippen molar-refractivity contribution in [2.24, 2.45) is 5.92 Å². The van der Waals surface area contributed by atoms with E-state index in [9.17, 15) is 32.3 Å². The molecule has 3 aromatic heterocycles. The van der Waals surface area contributed by atoms with Crippen LogP contribution in [0.4, 0.5) is 19.0 Å². The molecule has 1 saturated carbocycles. The van der Waals surface area contributed by atoms with Crippen molar-refractivity contribution in [2.75, 3.05) is 78.7 Å². The summed E-state index contributed by atoms with van der Waals surface area (Å²) in [6.45, 7) is 6.99. The molecule has 0 unspecified atom stereocenters. The first-order valence-corrected chi connectivity index (χ1v) is 23.4. The lowest BCUT2D eigenvalue weighted by atomic mass is 9.84. The summed E-state index contributed by atoms with van der Waals surface area (Å²) in [6.07, 6.45) is 4.07. The Labute approximate surface area is 399 Å². The lowest BCUT2D eigenvalue weighted by Gasteiger charge is -2.44. The van der Waals surface area contributed by atoms with Crippen molar-refractivity contribution in [3.8, 4) is 5.75 Å². The molecule has 7 rings (SSSR count). The van der Waals surface area contributed by atoms with Gasteiger partial charge in [-0.3, -0.25) is 29.1 Å². The molecule has 18 nitrogen and oxygen atoms in total. The van der Waals surface area contributed by atoms with Gasteiger partial charge in [-0.25, -0.2) is 9.97 Å². The third-order valence-electron chi connectivity index (χ3n) is 13.1. The first-order valence-electron chi connectivity index (χ1n) is 23.4. The van der Waals surface area contributed by atoms with Crippen molar-refractivity contribution in [2.45, 2.75) is 88.4 Å². The summed E-state index contributed by atoms with van der Waals surface area (Å²) in [7, 11) is 3.75. The summed E-state index contributed by atoms with van der Waals surface area (Å²) in [4.78, 5) is 75.6. The van der Waals surface area contributed by atoms with Crippen molar-refractivity contribution >= 4 is 40.3 Å². The van der Waals surface area contributed by atoms with Gasteiger partial charge in [-0.05, 0) is 82.5 Å². The highest BCUT2D eigenvalue weighted by Gasteiger charge is 2.44. The molecule has 4 aromatic rings. The third-order valence-corrected chi connectivity index (χ3v) is 13.1. The smallest absolute Gasteiger partial charge is 0.416 e. The molecular formula is C48H61F3N10O8. The van der Waals surface area contributed by atoms with Gasteiger partial charge in [0.15, 0.2) is 0 Å². The van der Waals surface area contributed by atoms with E-state index in [1.807, 2.05) is 6.07 Å². The standard InChI is InChI=1S/C48H61F3N10O8/c1-30(2)59(3)33-8-10-41(61-16-12-38(47(61)65)57-44-35-24-32(48(49,50)51)7-9-37(35)55-29-56-44)39(25-33)58-46(64)40-26-34(11-14-53-40)69-23-22-68-21-20-67-19-18-66-17-15-54-45(63)36-27-42(62)60(4)43(36)31-6-5-13-52-28-31/h5-7,9,11,13-14,24,26,28-30,33,36,38-39,41,43H,8,10,12,15-23,25,27H2,1-4H3,(H,54,63)(H,58,64)(H,55,56,57)/t33-,36+,38+,39-,41+,43-/m1/s1. The Kier molecular flexibility index (Phi) is 17.3. The SMILES string of the molecule is CC(C)N(C)[C@@H]1CC[C@H](N2CC[C@H](Nc3ncnc4ccc(C(F)(F)F)cc34)C2=O)[C@H](NC(=O)c2cc(OCCOCCOCCOCCNC(=O)[C@H]3CC(=O)N(C)[C@@H]3c3cccnc3)ccn2)C1. The molecule has 69 heavy (non-hydrogen) atoms. The zero-order chi connectivity index (χ0) is 49.1. The van der Waals surface area contributed by atoms with Gasteiger partial charge in [0.2, 0.25) is 17.7 Å². The molecular weight excluding hydrogens is 902 g/mol. The number of hydrogen-bond donors (Lipinski definition) is 3. The van der Waals surface area contributed by atoms with Gasteiger partial charge in [-0.2, -0.15) is 13.2 Å². The predicted octanol–water partition coefficient (Wildman–Crippen LogP) is 4.28. The van der Waals surface area contributed by atoms with Crippen LogP contribution in [0.3, 0.4) is 0 Å². The Morgan fingerprint density at radius 2 is 1.67 bits per heavy atom. The monoisotopic (exact) mass is 962 g/mol. The van der Waals surface area contributed by atoms with Gasteiger partial charge in [0.05, 0.1) is 74.8 Å². The van der Waals surface area contributed by atoms with Crippen LogP contribution in [0.1, 0.15) is 73.6 Å². The van der Waals surface area contributed by atoms with Gasteiger partial charge in [0.1, 0.15) is 36.2 Å². The van der Waals surface area contributed by atoms with E-state index in [4.69, 9.17) is 18.9 Å². The van der Waals surface area contributed by atoms with Crippen molar-refractivity contribution in [1.29, 1.82) is 0 Å². The topological polar surface area (TPSA) is 203 Å². The second-order valence-corrected chi connectivity index (χ2v) is 17.7. The fourth-order valence-corrected chi connectivity index (χ4v) is 9.25. The van der Waals surface area contributed by atoms with Crippen LogP contribution in [-0.2, 0) is 34.8 Å². The molecule has 2 saturated heterocycles. The van der Waals surface area contributed by atoms with Gasteiger partial charge < -0.3 is 49.6 Å². The van der Waals surface area contributed by atoms with E-state index in [1.54, 1.807) is 47.4 Å². The molecule has 0 bridgehead atoms. The van der Waals surface area contributed by atoms with Gasteiger partial charge >= 0.3 is 6.18 Å². The minimum atomic E-state index is -4.56. The number of aromatic nitrogens is 4. The van der Waals surface area contributed by atoms with Crippen molar-refractivity contribution in [1.82, 2.24) is 45.3 Å². The normalized spacial score (nSPS) is 21.9. The van der Waals surface area contributed by atoms with Gasteiger partial charge in [0.25, 0.3) is 5.91 Å². The average molecular weight is 963 g/mol. The number of ether oxygens (including phenoxy) is 4. The van der Waals surface area contributed by atoms with E-state index in [0.717, 1.165) is 24.1 Å². The van der Waals surface area contributed by atoms with Crippen LogP contribution in [0.25, 0.3) is 10.9 Å². The summed E-state index contributed by atoms with van der Waals surface area (Å²) in [5, 5.41) is 9.32. The number of carbonyl (C=O) groups excluding carboxylic acids is 4. The van der Waals surface area contributed by atoms with E-state index >= 15 is 0 Å². The van der Waals surface area contributed by atoms with Crippen LogP contribution in [-0.4, -0.2) is 162 Å². The molecule has 3 fully saturated rings. The first kappa shape index (κ1) is 50.8. The van der Waals surface area contributed by atoms with Crippen LogP contribution in [0.5, 0.6) is 5.75 Å². The molecule has 0 radical (unpaired) electrons. The van der Waals surface area contributed by atoms with E-state index < -0.39 is 35.6 Å². The number of likely N-dealkylation sites (tertiary alicyclic amines) is 2. The maximum Gasteiger partial charge on any atom is 0.416 e. The van der Waals surface area contributed by atoms with E-state index in [1.165, 1.54) is 18.6 Å².